The normalized spacial score (nSPS) is 17.1. The molecule has 1 fully saturated rings. The summed E-state index contributed by atoms with van der Waals surface area (Å²) in [5.41, 5.74) is 0.000361. The molecule has 1 atom stereocenters. The highest BCUT2D eigenvalue weighted by Gasteiger charge is 2.18. The Kier molecular flexibility index (Phi) is 6.40. The predicted octanol–water partition coefficient (Wildman–Crippen LogP) is 4.29. The third-order valence-electron chi connectivity index (χ3n) is 3.80. The fourth-order valence-corrected chi connectivity index (χ4v) is 3.39. The smallest absolute Gasteiger partial charge is 0.262 e. The summed E-state index contributed by atoms with van der Waals surface area (Å²) in [6, 6.07) is 12.8. The van der Waals surface area contributed by atoms with Crippen molar-refractivity contribution >= 4 is 35.3 Å². The second-order valence-corrected chi connectivity index (χ2v) is 7.24. The first kappa shape index (κ1) is 18.6. The van der Waals surface area contributed by atoms with Gasteiger partial charge in [-0.15, -0.1) is 0 Å². The van der Waals surface area contributed by atoms with Crippen molar-refractivity contribution in [1.82, 2.24) is 5.32 Å². The number of nitrogens with one attached hydrogen (secondary N) is 1. The van der Waals surface area contributed by atoms with Gasteiger partial charge in [-0.2, -0.15) is 5.26 Å². The van der Waals surface area contributed by atoms with Crippen LogP contribution in [0.3, 0.4) is 0 Å². The lowest BCUT2D eigenvalue weighted by Gasteiger charge is -2.09. The van der Waals surface area contributed by atoms with Crippen LogP contribution in [0.15, 0.2) is 56.4 Å². The van der Waals surface area contributed by atoms with Crippen molar-refractivity contribution in [3.05, 3.63) is 52.8 Å². The highest BCUT2D eigenvalue weighted by molar-refractivity contribution is 7.99. The largest absolute Gasteiger partial charge is 0.450 e. The summed E-state index contributed by atoms with van der Waals surface area (Å²) in [6.07, 6.45) is 3.40. The van der Waals surface area contributed by atoms with Gasteiger partial charge in [-0.3, -0.25) is 4.79 Å². The molecule has 0 spiro atoms. The first-order valence-electron chi connectivity index (χ1n) is 8.19. The molecule has 0 radical (unpaired) electrons. The Balaban J connectivity index is 1.61. The standard InChI is InChI=1S/C19H17ClN2O3S/c20-14-3-6-17(7-4-14)26-18-8-5-15(25-18)10-13(11-21)19(23)22-12-16-2-1-9-24-16/h3-8,10,16H,1-2,9,12H2,(H,22,23)/b13-10+/t16-/m0/s1. The number of nitriles is 1. The zero-order chi connectivity index (χ0) is 18.4. The monoisotopic (exact) mass is 388 g/mol. The maximum atomic E-state index is 12.1. The molecule has 0 unspecified atom stereocenters. The first-order chi connectivity index (χ1) is 12.6. The molecule has 3 rings (SSSR count). The van der Waals surface area contributed by atoms with E-state index in [1.54, 1.807) is 24.3 Å². The Morgan fingerprint density at radius 2 is 2.15 bits per heavy atom. The Hall–Kier alpha value is -2.20. The quantitative estimate of drug-likeness (QED) is 0.590. The number of halogens is 1. The number of hydrogen-bond donors (Lipinski definition) is 1. The summed E-state index contributed by atoms with van der Waals surface area (Å²) in [7, 11) is 0. The fraction of sp³-hybridized carbons (Fsp3) is 0.263. The van der Waals surface area contributed by atoms with Gasteiger partial charge in [-0.1, -0.05) is 23.4 Å². The third-order valence-corrected chi connectivity index (χ3v) is 4.98. The Labute approximate surface area is 161 Å². The van der Waals surface area contributed by atoms with Gasteiger partial charge in [0.15, 0.2) is 5.09 Å². The van der Waals surface area contributed by atoms with Gasteiger partial charge in [0.2, 0.25) is 0 Å². The van der Waals surface area contributed by atoms with E-state index in [2.05, 4.69) is 5.32 Å². The molecule has 1 aromatic carbocycles. The number of furan rings is 1. The van der Waals surface area contributed by atoms with E-state index in [0.29, 0.717) is 22.4 Å². The number of benzene rings is 1. The van der Waals surface area contributed by atoms with Crippen LogP contribution in [-0.4, -0.2) is 25.2 Å². The van der Waals surface area contributed by atoms with E-state index in [0.717, 1.165) is 24.3 Å². The number of hydrogen-bond acceptors (Lipinski definition) is 5. The molecule has 1 amide bonds. The molecule has 7 heteroatoms. The van der Waals surface area contributed by atoms with Gasteiger partial charge in [0, 0.05) is 29.1 Å². The summed E-state index contributed by atoms with van der Waals surface area (Å²) in [6.45, 7) is 1.13. The Morgan fingerprint density at radius 3 is 2.85 bits per heavy atom. The minimum atomic E-state index is -0.425. The summed E-state index contributed by atoms with van der Waals surface area (Å²) in [4.78, 5) is 13.1. The fourth-order valence-electron chi connectivity index (χ4n) is 2.48. The van der Waals surface area contributed by atoms with E-state index in [-0.39, 0.29) is 11.7 Å². The molecule has 1 saturated heterocycles. The van der Waals surface area contributed by atoms with Crippen molar-refractivity contribution in [1.29, 1.82) is 5.26 Å². The van der Waals surface area contributed by atoms with Crippen molar-refractivity contribution in [2.45, 2.75) is 28.9 Å². The minimum absolute atomic E-state index is 0.000361. The zero-order valence-corrected chi connectivity index (χ0v) is 15.5. The average Bonchev–Trinajstić information content (AvgIpc) is 3.31. The lowest BCUT2D eigenvalue weighted by atomic mass is 10.2. The molecule has 1 aliphatic rings. The molecule has 1 N–H and O–H groups in total. The van der Waals surface area contributed by atoms with E-state index in [1.165, 1.54) is 17.8 Å². The van der Waals surface area contributed by atoms with Gasteiger partial charge >= 0.3 is 0 Å². The van der Waals surface area contributed by atoms with Crippen LogP contribution in [0.25, 0.3) is 6.08 Å². The van der Waals surface area contributed by atoms with Crippen molar-refractivity contribution in [2.24, 2.45) is 0 Å². The molecule has 5 nitrogen and oxygen atoms in total. The van der Waals surface area contributed by atoms with E-state index < -0.39 is 5.91 Å². The molecule has 134 valence electrons. The molecule has 2 heterocycles. The number of ether oxygens (including phenoxy) is 1. The maximum Gasteiger partial charge on any atom is 0.262 e. The van der Waals surface area contributed by atoms with E-state index in [4.69, 9.17) is 20.8 Å². The zero-order valence-electron chi connectivity index (χ0n) is 13.9. The van der Waals surface area contributed by atoms with Crippen LogP contribution in [0.1, 0.15) is 18.6 Å². The van der Waals surface area contributed by atoms with Gasteiger partial charge in [-0.25, -0.2) is 0 Å². The van der Waals surface area contributed by atoms with Crippen molar-refractivity contribution in [2.75, 3.05) is 13.2 Å². The highest BCUT2D eigenvalue weighted by Crippen LogP contribution is 2.30. The number of amides is 1. The van der Waals surface area contributed by atoms with Gasteiger partial charge in [0.1, 0.15) is 17.4 Å². The molecule has 1 aromatic heterocycles. The van der Waals surface area contributed by atoms with E-state index in [9.17, 15) is 10.1 Å². The molecular weight excluding hydrogens is 372 g/mol. The topological polar surface area (TPSA) is 75.3 Å². The average molecular weight is 389 g/mol. The summed E-state index contributed by atoms with van der Waals surface area (Å²) in [5, 5.41) is 13.3. The summed E-state index contributed by atoms with van der Waals surface area (Å²) in [5.74, 6) is 0.0246. The molecule has 2 aromatic rings. The molecule has 26 heavy (non-hydrogen) atoms. The van der Waals surface area contributed by atoms with Crippen LogP contribution < -0.4 is 5.32 Å². The SMILES string of the molecule is N#C/C(=C\c1ccc(Sc2ccc(Cl)cc2)o1)C(=O)NC[C@@H]1CCCO1. The van der Waals surface area contributed by atoms with Crippen molar-refractivity contribution < 1.29 is 13.9 Å². The van der Waals surface area contributed by atoms with Crippen LogP contribution in [0.5, 0.6) is 0 Å². The predicted molar refractivity (Wildman–Crippen MR) is 99.9 cm³/mol. The van der Waals surface area contributed by atoms with Crippen molar-refractivity contribution in [3.63, 3.8) is 0 Å². The number of carbonyl (C=O) groups is 1. The van der Waals surface area contributed by atoms with Crippen LogP contribution in [0.2, 0.25) is 5.02 Å². The Bertz CT molecular complexity index is 833. The Morgan fingerprint density at radius 1 is 1.35 bits per heavy atom. The molecule has 0 saturated carbocycles. The second kappa shape index (κ2) is 8.95. The number of carbonyl (C=O) groups excluding carboxylic acids is 1. The lowest BCUT2D eigenvalue weighted by molar-refractivity contribution is -0.117. The van der Waals surface area contributed by atoms with Crippen molar-refractivity contribution in [3.8, 4) is 6.07 Å². The van der Waals surface area contributed by atoms with E-state index in [1.807, 2.05) is 18.2 Å². The molecular formula is C19H17ClN2O3S. The third kappa shape index (κ3) is 5.15. The molecule has 1 aliphatic heterocycles. The highest BCUT2D eigenvalue weighted by atomic mass is 35.5. The summed E-state index contributed by atoms with van der Waals surface area (Å²) >= 11 is 7.30. The first-order valence-corrected chi connectivity index (χ1v) is 9.38. The lowest BCUT2D eigenvalue weighted by Crippen LogP contribution is -2.32. The maximum absolute atomic E-state index is 12.1. The van der Waals surface area contributed by atoms with Gasteiger partial charge < -0.3 is 14.5 Å². The van der Waals surface area contributed by atoms with E-state index >= 15 is 0 Å². The van der Waals surface area contributed by atoms with Gasteiger partial charge in [0.05, 0.1) is 6.10 Å². The second-order valence-electron chi connectivity index (χ2n) is 5.73. The minimum Gasteiger partial charge on any atom is -0.450 e. The number of nitrogens with zero attached hydrogens (tertiary/aromatic N) is 1. The van der Waals surface area contributed by atoms with Crippen LogP contribution >= 0.6 is 23.4 Å². The van der Waals surface area contributed by atoms with Gasteiger partial charge in [0.25, 0.3) is 5.91 Å². The van der Waals surface area contributed by atoms with Gasteiger partial charge in [-0.05, 0) is 49.2 Å². The number of rotatable bonds is 6. The summed E-state index contributed by atoms with van der Waals surface area (Å²) < 4.78 is 11.1. The van der Waals surface area contributed by atoms with Crippen LogP contribution in [0, 0.1) is 11.3 Å². The van der Waals surface area contributed by atoms with Crippen LogP contribution in [-0.2, 0) is 9.53 Å². The molecule has 0 aliphatic carbocycles. The molecule has 0 bridgehead atoms. The van der Waals surface area contributed by atoms with Crippen LogP contribution in [0.4, 0.5) is 0 Å².